The van der Waals surface area contributed by atoms with Crippen LogP contribution < -0.4 is 9.04 Å². The minimum Gasteiger partial charge on any atom is -0.462 e. The molecule has 1 heterocycles. The molecule has 2 rings (SSSR count). The largest absolute Gasteiger partial charge is 0.462 e. The van der Waals surface area contributed by atoms with E-state index in [0.717, 1.165) is 10.6 Å². The minimum atomic E-state index is -3.56. The van der Waals surface area contributed by atoms with E-state index >= 15 is 0 Å². The molecule has 0 bridgehead atoms. The lowest BCUT2D eigenvalue weighted by Gasteiger charge is -2.22. The number of benzene rings is 1. The summed E-state index contributed by atoms with van der Waals surface area (Å²) >= 11 is 0. The molecule has 0 saturated carbocycles. The molecule has 0 radical (unpaired) electrons. The quantitative estimate of drug-likeness (QED) is 0.620. The molecule has 1 aromatic carbocycles. The second-order valence-electron chi connectivity index (χ2n) is 4.60. The second kappa shape index (κ2) is 6.12. The van der Waals surface area contributed by atoms with Gasteiger partial charge in [-0.15, -0.1) is 0 Å². The lowest BCUT2D eigenvalue weighted by atomic mass is 10.2. The first kappa shape index (κ1) is 15.9. The number of esters is 1. The van der Waals surface area contributed by atoms with E-state index in [2.05, 4.69) is 23.2 Å². The van der Waals surface area contributed by atoms with Gasteiger partial charge in [0.2, 0.25) is 16.3 Å². The molecular weight excluding hydrogens is 306 g/mol. The van der Waals surface area contributed by atoms with Crippen molar-refractivity contribution in [2.24, 2.45) is 0 Å². The van der Waals surface area contributed by atoms with Crippen molar-refractivity contribution in [3.05, 3.63) is 36.4 Å². The zero-order valence-electron chi connectivity index (χ0n) is 12.2. The van der Waals surface area contributed by atoms with E-state index in [9.17, 15) is 13.2 Å². The summed E-state index contributed by atoms with van der Waals surface area (Å²) in [6.45, 7) is 4.94. The molecule has 0 spiro atoms. The lowest BCUT2D eigenvalue weighted by Crippen LogP contribution is -2.39. The van der Waals surface area contributed by atoms with Gasteiger partial charge in [-0.3, -0.25) is 4.79 Å². The molecule has 1 aromatic rings. The third kappa shape index (κ3) is 3.40. The van der Waals surface area contributed by atoms with Crippen molar-refractivity contribution in [1.82, 2.24) is 0 Å². The monoisotopic (exact) mass is 321 g/mol. The van der Waals surface area contributed by atoms with Gasteiger partial charge < -0.3 is 9.47 Å². The summed E-state index contributed by atoms with van der Waals surface area (Å²) in [6, 6.07) is 6.79. The van der Waals surface area contributed by atoms with Crippen LogP contribution in [0.4, 0.5) is 5.69 Å². The highest BCUT2D eigenvalue weighted by Crippen LogP contribution is 2.40. The zero-order chi connectivity index (χ0) is 16.3. The maximum Gasteiger partial charge on any atom is 0.303 e. The summed E-state index contributed by atoms with van der Waals surface area (Å²) in [4.78, 5) is 10.7. The van der Waals surface area contributed by atoms with Gasteiger partial charge in [-0.05, 0) is 12.1 Å². The fraction of sp³-hybridized carbons (Fsp3) is 0.267. The van der Waals surface area contributed by atoms with Crippen LogP contribution in [0.2, 0.25) is 0 Å². The van der Waals surface area contributed by atoms with Gasteiger partial charge >= 0.3 is 5.97 Å². The molecule has 0 amide bonds. The van der Waals surface area contributed by atoms with E-state index in [0.29, 0.717) is 11.4 Å². The smallest absolute Gasteiger partial charge is 0.303 e. The minimum absolute atomic E-state index is 0.0904. The van der Waals surface area contributed by atoms with Crippen LogP contribution in [0.25, 0.3) is 0 Å². The second-order valence-corrected chi connectivity index (χ2v) is 6.46. The van der Waals surface area contributed by atoms with E-state index in [1.165, 1.54) is 6.92 Å². The lowest BCUT2D eigenvalue weighted by molar-refractivity contribution is -0.139. The fourth-order valence-corrected chi connectivity index (χ4v) is 2.97. The zero-order valence-corrected chi connectivity index (χ0v) is 13.0. The first-order valence-corrected chi connectivity index (χ1v) is 8.21. The van der Waals surface area contributed by atoms with E-state index in [1.54, 1.807) is 24.3 Å². The number of para-hydroxylation sites is 2. The van der Waals surface area contributed by atoms with Crippen molar-refractivity contribution in [3.63, 3.8) is 0 Å². The third-order valence-electron chi connectivity index (χ3n) is 2.81. The maximum atomic E-state index is 12.0. The predicted octanol–water partition coefficient (Wildman–Crippen LogP) is 1.29. The molecule has 0 aliphatic carbocycles. The molecule has 1 atom stereocenters. The Kier molecular flexibility index (Phi) is 4.43. The fourth-order valence-electron chi connectivity index (χ4n) is 1.95. The standard InChI is InChI=1S/C15H15NO5S/c1-11(7-6-10-20-12(2)17)15-16(22(3,18)19)13-8-4-5-9-14(13)21-15/h4-5,8-9,15H,1,10H2,2-3H3. The molecule has 0 aromatic heterocycles. The summed E-state index contributed by atoms with van der Waals surface area (Å²) in [5.74, 6) is 5.26. The molecule has 116 valence electrons. The van der Waals surface area contributed by atoms with Crippen LogP contribution in [0.15, 0.2) is 36.4 Å². The van der Waals surface area contributed by atoms with Crippen LogP contribution in [-0.4, -0.2) is 33.5 Å². The molecular formula is C15H15NO5S. The van der Waals surface area contributed by atoms with Gasteiger partial charge in [0.25, 0.3) is 0 Å². The van der Waals surface area contributed by atoms with Crippen molar-refractivity contribution < 1.29 is 22.7 Å². The van der Waals surface area contributed by atoms with Crippen LogP contribution in [0, 0.1) is 11.8 Å². The van der Waals surface area contributed by atoms with Crippen molar-refractivity contribution in [2.75, 3.05) is 17.2 Å². The van der Waals surface area contributed by atoms with Crippen LogP contribution in [0.1, 0.15) is 6.92 Å². The van der Waals surface area contributed by atoms with Gasteiger partial charge in [0.05, 0.1) is 17.5 Å². The van der Waals surface area contributed by atoms with Crippen LogP contribution in [-0.2, 0) is 19.6 Å². The summed E-state index contributed by atoms with van der Waals surface area (Å²) in [6.07, 6.45) is 0.155. The van der Waals surface area contributed by atoms with Crippen molar-refractivity contribution in [2.45, 2.75) is 13.2 Å². The number of sulfonamides is 1. The van der Waals surface area contributed by atoms with E-state index in [4.69, 9.17) is 4.74 Å². The Labute approximate surface area is 129 Å². The maximum absolute atomic E-state index is 12.0. The first-order valence-electron chi connectivity index (χ1n) is 6.37. The van der Waals surface area contributed by atoms with Crippen LogP contribution in [0.5, 0.6) is 5.75 Å². The number of carbonyl (C=O) groups is 1. The van der Waals surface area contributed by atoms with Crippen LogP contribution >= 0.6 is 0 Å². The number of ether oxygens (including phenoxy) is 2. The molecule has 1 unspecified atom stereocenters. The van der Waals surface area contributed by atoms with E-state index in [-0.39, 0.29) is 12.2 Å². The molecule has 0 saturated heterocycles. The Hall–Kier alpha value is -2.46. The normalized spacial score (nSPS) is 16.1. The third-order valence-corrected chi connectivity index (χ3v) is 3.91. The molecule has 1 aliphatic heterocycles. The highest BCUT2D eigenvalue weighted by molar-refractivity contribution is 7.92. The van der Waals surface area contributed by atoms with Gasteiger partial charge in [0.15, 0.2) is 6.61 Å². The molecule has 6 nitrogen and oxygen atoms in total. The van der Waals surface area contributed by atoms with Crippen molar-refractivity contribution in [1.29, 1.82) is 0 Å². The van der Waals surface area contributed by atoms with Gasteiger partial charge in [-0.2, -0.15) is 0 Å². The highest BCUT2D eigenvalue weighted by atomic mass is 32.2. The number of hydrogen-bond donors (Lipinski definition) is 0. The Morgan fingerprint density at radius 2 is 2.14 bits per heavy atom. The SMILES string of the molecule is C=C(C#CCOC(C)=O)C1Oc2ccccc2N1S(C)(=O)=O. The van der Waals surface area contributed by atoms with E-state index < -0.39 is 22.2 Å². The average Bonchev–Trinajstić information content (AvgIpc) is 2.82. The average molecular weight is 321 g/mol. The predicted molar refractivity (Wildman–Crippen MR) is 81.7 cm³/mol. The summed E-state index contributed by atoms with van der Waals surface area (Å²) in [5.41, 5.74) is 0.701. The molecule has 0 fully saturated rings. The Bertz CT molecular complexity index is 773. The van der Waals surface area contributed by atoms with E-state index in [1.807, 2.05) is 0 Å². The van der Waals surface area contributed by atoms with Crippen LogP contribution in [0.3, 0.4) is 0 Å². The summed E-state index contributed by atoms with van der Waals surface area (Å²) < 4.78 is 35.5. The molecule has 0 N–H and O–H groups in total. The van der Waals surface area contributed by atoms with Crippen molar-refractivity contribution in [3.8, 4) is 17.6 Å². The Morgan fingerprint density at radius 3 is 2.77 bits per heavy atom. The molecule has 7 heteroatoms. The summed E-state index contributed by atoms with van der Waals surface area (Å²) in [5, 5.41) is 0. The van der Waals surface area contributed by atoms with Gasteiger partial charge in [0.1, 0.15) is 5.75 Å². The number of carbonyl (C=O) groups excluding carboxylic acids is 1. The van der Waals surface area contributed by atoms with Crippen molar-refractivity contribution >= 4 is 21.7 Å². The molecule has 1 aliphatic rings. The Balaban J connectivity index is 2.24. The number of rotatable bonds is 3. The first-order chi connectivity index (χ1) is 10.3. The van der Waals surface area contributed by atoms with Gasteiger partial charge in [-0.1, -0.05) is 30.6 Å². The number of fused-ring (bicyclic) bond motifs is 1. The van der Waals surface area contributed by atoms with Gasteiger partial charge in [0, 0.05) is 6.92 Å². The summed E-state index contributed by atoms with van der Waals surface area (Å²) in [7, 11) is -3.56. The number of nitrogens with zero attached hydrogens (tertiary/aromatic N) is 1. The number of hydrogen-bond acceptors (Lipinski definition) is 5. The van der Waals surface area contributed by atoms with Gasteiger partial charge in [-0.25, -0.2) is 12.7 Å². The highest BCUT2D eigenvalue weighted by Gasteiger charge is 2.38. The molecule has 22 heavy (non-hydrogen) atoms. The topological polar surface area (TPSA) is 72.9 Å². The number of anilines is 1. The Morgan fingerprint density at radius 1 is 1.45 bits per heavy atom.